The lowest BCUT2D eigenvalue weighted by Crippen LogP contribution is -2.31. The number of hydrogen-bond acceptors (Lipinski definition) is 2. The monoisotopic (exact) mass is 217 g/mol. The molecule has 0 aliphatic carbocycles. The normalized spacial score (nSPS) is 16.3. The highest BCUT2D eigenvalue weighted by atomic mass is 16.2. The molecule has 1 aromatic rings. The highest BCUT2D eigenvalue weighted by Gasteiger charge is 2.25. The van der Waals surface area contributed by atoms with Crippen LogP contribution in [0.3, 0.4) is 0 Å². The van der Waals surface area contributed by atoms with Crippen LogP contribution >= 0.6 is 0 Å². The quantitative estimate of drug-likeness (QED) is 0.730. The molecule has 0 bridgehead atoms. The fourth-order valence-electron chi connectivity index (χ4n) is 2.15. The molecular weight excluding hydrogens is 197 g/mol. The maximum Gasteiger partial charge on any atom is 0.376 e. The van der Waals surface area contributed by atoms with E-state index in [0.29, 0.717) is 0 Å². The zero-order valence-electron chi connectivity index (χ0n) is 10.6. The zero-order chi connectivity index (χ0) is 11.9. The standard InChI is InChI=1S/C13H20BNO/c1-13(2,3)12-6-5-10-8-15(14(4)16)9-11(10)7-12/h5-7,16H,8-9H2,1-4H3. The van der Waals surface area contributed by atoms with Gasteiger partial charge in [-0.1, -0.05) is 39.0 Å². The van der Waals surface area contributed by atoms with Gasteiger partial charge in [-0.3, -0.25) is 0 Å². The molecule has 0 saturated carbocycles. The van der Waals surface area contributed by atoms with Crippen molar-refractivity contribution >= 4 is 7.05 Å². The van der Waals surface area contributed by atoms with Gasteiger partial charge in [0.1, 0.15) is 0 Å². The van der Waals surface area contributed by atoms with Gasteiger partial charge in [-0.05, 0) is 28.9 Å². The number of hydrogen-bond donors (Lipinski definition) is 1. The van der Waals surface area contributed by atoms with E-state index in [4.69, 9.17) is 0 Å². The Balaban J connectivity index is 2.28. The second-order valence-corrected chi connectivity index (χ2v) is 5.77. The fourth-order valence-corrected chi connectivity index (χ4v) is 2.15. The molecule has 0 aromatic heterocycles. The van der Waals surface area contributed by atoms with E-state index < -0.39 is 0 Å². The molecule has 0 amide bonds. The second-order valence-electron chi connectivity index (χ2n) is 5.77. The van der Waals surface area contributed by atoms with Crippen LogP contribution in [0.4, 0.5) is 0 Å². The van der Waals surface area contributed by atoms with Gasteiger partial charge < -0.3 is 9.83 Å². The molecule has 3 heteroatoms. The minimum Gasteiger partial charge on any atom is -0.437 e. The van der Waals surface area contributed by atoms with E-state index in [1.54, 1.807) is 0 Å². The minimum atomic E-state index is -0.356. The van der Waals surface area contributed by atoms with Gasteiger partial charge in [0.25, 0.3) is 0 Å². The van der Waals surface area contributed by atoms with Crippen molar-refractivity contribution in [1.82, 2.24) is 4.81 Å². The highest BCUT2D eigenvalue weighted by Crippen LogP contribution is 2.29. The van der Waals surface area contributed by atoms with Crippen LogP contribution in [0, 0.1) is 0 Å². The highest BCUT2D eigenvalue weighted by molar-refractivity contribution is 6.45. The number of fused-ring (bicyclic) bond motifs is 1. The van der Waals surface area contributed by atoms with Gasteiger partial charge in [0.05, 0.1) is 0 Å². The molecule has 86 valence electrons. The van der Waals surface area contributed by atoms with Crippen LogP contribution in [0.2, 0.25) is 6.82 Å². The molecule has 0 radical (unpaired) electrons. The van der Waals surface area contributed by atoms with Gasteiger partial charge in [0.2, 0.25) is 0 Å². The van der Waals surface area contributed by atoms with Gasteiger partial charge in [-0.25, -0.2) is 0 Å². The number of nitrogens with zero attached hydrogens (tertiary/aromatic N) is 1. The molecule has 0 saturated heterocycles. The smallest absolute Gasteiger partial charge is 0.376 e. The molecule has 0 unspecified atom stereocenters. The van der Waals surface area contributed by atoms with Crippen molar-refractivity contribution in [3.8, 4) is 0 Å². The molecule has 1 aliphatic rings. The van der Waals surface area contributed by atoms with E-state index in [1.807, 2.05) is 6.82 Å². The van der Waals surface area contributed by atoms with Crippen molar-refractivity contribution in [2.24, 2.45) is 0 Å². The predicted octanol–water partition coefficient (Wildman–Crippen LogP) is 2.41. The molecule has 0 spiro atoms. The first-order chi connectivity index (χ1) is 7.38. The molecule has 2 nitrogen and oxygen atoms in total. The van der Waals surface area contributed by atoms with Gasteiger partial charge in [-0.15, -0.1) is 0 Å². The maximum absolute atomic E-state index is 9.58. The minimum absolute atomic E-state index is 0.202. The summed E-state index contributed by atoms with van der Waals surface area (Å²) in [5, 5.41) is 9.58. The Hall–Kier alpha value is -0.795. The molecule has 1 N–H and O–H groups in total. The summed E-state index contributed by atoms with van der Waals surface area (Å²) in [7, 11) is -0.356. The Kier molecular flexibility index (Phi) is 2.85. The van der Waals surface area contributed by atoms with Crippen LogP contribution in [-0.4, -0.2) is 16.9 Å². The van der Waals surface area contributed by atoms with Crippen LogP contribution < -0.4 is 0 Å². The molecular formula is C13H20BNO. The predicted molar refractivity (Wildman–Crippen MR) is 68.2 cm³/mol. The van der Waals surface area contributed by atoms with E-state index in [9.17, 15) is 5.02 Å². The van der Waals surface area contributed by atoms with Crippen molar-refractivity contribution < 1.29 is 5.02 Å². The summed E-state index contributed by atoms with van der Waals surface area (Å²) in [4.78, 5) is 2.08. The Morgan fingerprint density at radius 1 is 1.19 bits per heavy atom. The number of rotatable bonds is 1. The first-order valence-corrected chi connectivity index (χ1v) is 5.92. The van der Waals surface area contributed by atoms with Crippen LogP contribution in [-0.2, 0) is 18.5 Å². The van der Waals surface area contributed by atoms with Crippen molar-refractivity contribution in [3.05, 3.63) is 34.9 Å². The van der Waals surface area contributed by atoms with Crippen LogP contribution in [0.15, 0.2) is 18.2 Å². The Bertz CT molecular complexity index is 395. The van der Waals surface area contributed by atoms with Crippen LogP contribution in [0.1, 0.15) is 37.5 Å². The van der Waals surface area contributed by atoms with Crippen LogP contribution in [0.25, 0.3) is 0 Å². The summed E-state index contributed by atoms with van der Waals surface area (Å²) in [6.07, 6.45) is 0. The lowest BCUT2D eigenvalue weighted by Gasteiger charge is -2.19. The van der Waals surface area contributed by atoms with Crippen LogP contribution in [0.5, 0.6) is 0 Å². The average molecular weight is 217 g/mol. The van der Waals surface area contributed by atoms with E-state index >= 15 is 0 Å². The van der Waals surface area contributed by atoms with E-state index in [1.165, 1.54) is 16.7 Å². The molecule has 0 atom stereocenters. The van der Waals surface area contributed by atoms with Crippen molar-refractivity contribution in [1.29, 1.82) is 0 Å². The van der Waals surface area contributed by atoms with Crippen molar-refractivity contribution in [2.75, 3.05) is 0 Å². The van der Waals surface area contributed by atoms with Gasteiger partial charge in [0.15, 0.2) is 0 Å². The Morgan fingerprint density at radius 2 is 1.81 bits per heavy atom. The largest absolute Gasteiger partial charge is 0.437 e. The topological polar surface area (TPSA) is 23.5 Å². The Labute approximate surface area is 98.4 Å². The van der Waals surface area contributed by atoms with Gasteiger partial charge in [-0.2, -0.15) is 0 Å². The number of benzene rings is 1. The summed E-state index contributed by atoms with van der Waals surface area (Å²) in [5.74, 6) is 0. The summed E-state index contributed by atoms with van der Waals surface area (Å²) < 4.78 is 0. The van der Waals surface area contributed by atoms with E-state index in [0.717, 1.165) is 13.1 Å². The van der Waals surface area contributed by atoms with E-state index in [2.05, 4.69) is 43.8 Å². The third kappa shape index (κ3) is 2.16. The molecule has 1 aromatic carbocycles. The molecule has 0 fully saturated rings. The summed E-state index contributed by atoms with van der Waals surface area (Å²) in [5.41, 5.74) is 4.30. The molecule has 16 heavy (non-hydrogen) atoms. The van der Waals surface area contributed by atoms with Gasteiger partial charge >= 0.3 is 7.05 Å². The summed E-state index contributed by atoms with van der Waals surface area (Å²) in [6, 6.07) is 6.71. The summed E-state index contributed by atoms with van der Waals surface area (Å²) in [6.45, 7) is 10.3. The fraction of sp³-hybridized carbons (Fsp3) is 0.538. The molecule has 1 aliphatic heterocycles. The lowest BCUT2D eigenvalue weighted by atomic mass is 9.85. The first kappa shape index (κ1) is 11.7. The molecule has 1 heterocycles. The Morgan fingerprint density at radius 3 is 2.38 bits per heavy atom. The van der Waals surface area contributed by atoms with E-state index in [-0.39, 0.29) is 12.5 Å². The molecule has 2 rings (SSSR count). The zero-order valence-corrected chi connectivity index (χ0v) is 10.6. The van der Waals surface area contributed by atoms with Gasteiger partial charge in [0, 0.05) is 13.1 Å². The third-order valence-corrected chi connectivity index (χ3v) is 3.35. The second kappa shape index (κ2) is 3.90. The van der Waals surface area contributed by atoms with Crippen molar-refractivity contribution in [2.45, 2.75) is 46.1 Å². The SMILES string of the molecule is CB(O)N1Cc2ccc(C(C)(C)C)cc2C1. The maximum atomic E-state index is 9.58. The summed E-state index contributed by atoms with van der Waals surface area (Å²) >= 11 is 0. The average Bonchev–Trinajstić information content (AvgIpc) is 2.58. The van der Waals surface area contributed by atoms with Crippen molar-refractivity contribution in [3.63, 3.8) is 0 Å². The third-order valence-electron chi connectivity index (χ3n) is 3.35. The first-order valence-electron chi connectivity index (χ1n) is 5.92. The lowest BCUT2D eigenvalue weighted by molar-refractivity contribution is 0.380.